The van der Waals surface area contributed by atoms with Crippen molar-refractivity contribution in [2.45, 2.75) is 20.2 Å². The first-order valence-corrected chi connectivity index (χ1v) is 7.27. The van der Waals surface area contributed by atoms with Crippen LogP contribution >= 0.6 is 0 Å². The smallest absolute Gasteiger partial charge is 0.405 e. The third-order valence-corrected chi connectivity index (χ3v) is 2.81. The third-order valence-electron chi connectivity index (χ3n) is 2.81. The molecule has 2 N–H and O–H groups in total. The van der Waals surface area contributed by atoms with Gasteiger partial charge in [0.25, 0.3) is 0 Å². The highest BCUT2D eigenvalue weighted by molar-refractivity contribution is 5.92. The summed E-state index contributed by atoms with van der Waals surface area (Å²) in [5.41, 5.74) is 0.123. The molecule has 24 heavy (non-hydrogen) atoms. The summed E-state index contributed by atoms with van der Waals surface area (Å²) in [6.45, 7) is 3.97. The minimum absolute atomic E-state index is 0.123. The molecule has 0 unspecified atom stereocenters. The van der Waals surface area contributed by atoms with E-state index >= 15 is 0 Å². The van der Waals surface area contributed by atoms with Crippen LogP contribution in [0.3, 0.4) is 0 Å². The molecule has 1 rings (SSSR count). The van der Waals surface area contributed by atoms with Crippen molar-refractivity contribution in [1.82, 2.24) is 10.6 Å². The van der Waals surface area contributed by atoms with Crippen LogP contribution in [-0.2, 0) is 9.59 Å². The highest BCUT2D eigenvalue weighted by Crippen LogP contribution is 2.26. The van der Waals surface area contributed by atoms with E-state index in [4.69, 9.17) is 0 Å². The molecule has 0 aliphatic carbocycles. The van der Waals surface area contributed by atoms with Crippen LogP contribution in [0.5, 0.6) is 5.75 Å². The molecule has 0 spiro atoms. The minimum Gasteiger partial charge on any atom is -0.405 e. The first kappa shape index (κ1) is 19.5. The van der Waals surface area contributed by atoms with E-state index in [2.05, 4.69) is 15.4 Å². The van der Waals surface area contributed by atoms with E-state index in [0.29, 0.717) is 0 Å². The summed E-state index contributed by atoms with van der Waals surface area (Å²) in [7, 11) is 0. The molecule has 0 radical (unpaired) electrons. The molecule has 0 bridgehead atoms. The number of carbonyl (C=O) groups is 2. The van der Waals surface area contributed by atoms with Crippen molar-refractivity contribution in [3.63, 3.8) is 0 Å². The Labute approximate surface area is 137 Å². The van der Waals surface area contributed by atoms with Crippen LogP contribution in [0.25, 0.3) is 6.08 Å². The Hall–Kier alpha value is -2.51. The zero-order valence-electron chi connectivity index (χ0n) is 13.3. The predicted molar refractivity (Wildman–Crippen MR) is 83.0 cm³/mol. The number of rotatable bonds is 7. The lowest BCUT2D eigenvalue weighted by atomic mass is 10.2. The van der Waals surface area contributed by atoms with Gasteiger partial charge in [-0.15, -0.1) is 13.2 Å². The number of ether oxygens (including phenoxy) is 1. The van der Waals surface area contributed by atoms with Gasteiger partial charge in [-0.2, -0.15) is 0 Å². The van der Waals surface area contributed by atoms with Crippen LogP contribution in [0, 0.1) is 5.92 Å². The molecule has 0 saturated heterocycles. The van der Waals surface area contributed by atoms with Crippen molar-refractivity contribution in [2.75, 3.05) is 13.1 Å². The lowest BCUT2D eigenvalue weighted by Crippen LogP contribution is -2.35. The molecule has 5 nitrogen and oxygen atoms in total. The molecule has 1 aromatic carbocycles. The molecular formula is C16H19F3N2O3. The standard InChI is InChI=1S/C16H19F3N2O3/c1-11(2)15(23)21-10-9-20-14(22)8-7-12-5-3-4-6-13(12)24-16(17,18)19/h3-8,11H,9-10H2,1-2H3,(H,20,22)(H,21,23)/b8-7+. The third kappa shape index (κ3) is 7.66. The fraction of sp³-hybridized carbons (Fsp3) is 0.375. The van der Waals surface area contributed by atoms with Crippen molar-refractivity contribution < 1.29 is 27.5 Å². The van der Waals surface area contributed by atoms with Crippen molar-refractivity contribution in [3.8, 4) is 5.75 Å². The molecule has 0 atom stereocenters. The highest BCUT2D eigenvalue weighted by atomic mass is 19.4. The molecule has 0 fully saturated rings. The number of amides is 2. The van der Waals surface area contributed by atoms with Crippen LogP contribution in [0.1, 0.15) is 19.4 Å². The van der Waals surface area contributed by atoms with E-state index < -0.39 is 18.0 Å². The fourth-order valence-corrected chi connectivity index (χ4v) is 1.64. The normalized spacial score (nSPS) is 11.6. The van der Waals surface area contributed by atoms with Gasteiger partial charge in [0.2, 0.25) is 11.8 Å². The van der Waals surface area contributed by atoms with Crippen LogP contribution in [0.4, 0.5) is 13.2 Å². The molecule has 0 aliphatic rings. The van der Waals surface area contributed by atoms with Gasteiger partial charge >= 0.3 is 6.36 Å². The lowest BCUT2D eigenvalue weighted by molar-refractivity contribution is -0.274. The van der Waals surface area contributed by atoms with E-state index in [1.165, 1.54) is 24.3 Å². The van der Waals surface area contributed by atoms with Gasteiger partial charge in [0.15, 0.2) is 0 Å². The van der Waals surface area contributed by atoms with Crippen LogP contribution in [-0.4, -0.2) is 31.3 Å². The Bertz CT molecular complexity index is 598. The van der Waals surface area contributed by atoms with E-state index in [-0.39, 0.29) is 30.5 Å². The van der Waals surface area contributed by atoms with Crippen LogP contribution < -0.4 is 15.4 Å². The van der Waals surface area contributed by atoms with Crippen molar-refractivity contribution >= 4 is 17.9 Å². The number of hydrogen-bond acceptors (Lipinski definition) is 3. The van der Waals surface area contributed by atoms with E-state index in [9.17, 15) is 22.8 Å². The zero-order chi connectivity index (χ0) is 18.2. The van der Waals surface area contributed by atoms with E-state index in [1.807, 2.05) is 0 Å². The second kappa shape index (κ2) is 8.95. The Morgan fingerprint density at radius 3 is 2.42 bits per heavy atom. The maximum absolute atomic E-state index is 12.3. The SMILES string of the molecule is CC(C)C(=O)NCCNC(=O)/C=C/c1ccccc1OC(F)(F)F. The van der Waals surface area contributed by atoms with Crippen molar-refractivity contribution in [3.05, 3.63) is 35.9 Å². The molecule has 2 amide bonds. The summed E-state index contributed by atoms with van der Waals surface area (Å²) < 4.78 is 40.7. The van der Waals surface area contributed by atoms with Gasteiger partial charge in [-0.05, 0) is 12.1 Å². The number of halogens is 3. The molecule has 0 saturated carbocycles. The Morgan fingerprint density at radius 2 is 1.79 bits per heavy atom. The number of carbonyl (C=O) groups excluding carboxylic acids is 2. The predicted octanol–water partition coefficient (Wildman–Crippen LogP) is 2.49. The van der Waals surface area contributed by atoms with Gasteiger partial charge in [-0.3, -0.25) is 9.59 Å². The van der Waals surface area contributed by atoms with Gasteiger partial charge in [-0.25, -0.2) is 0 Å². The maximum atomic E-state index is 12.3. The summed E-state index contributed by atoms with van der Waals surface area (Å²) in [6, 6.07) is 5.48. The summed E-state index contributed by atoms with van der Waals surface area (Å²) in [4.78, 5) is 22.9. The first-order chi connectivity index (χ1) is 11.2. The quantitative estimate of drug-likeness (QED) is 0.590. The van der Waals surface area contributed by atoms with Gasteiger partial charge in [-0.1, -0.05) is 32.0 Å². The van der Waals surface area contributed by atoms with Gasteiger partial charge in [0, 0.05) is 30.6 Å². The van der Waals surface area contributed by atoms with Crippen molar-refractivity contribution in [1.29, 1.82) is 0 Å². The van der Waals surface area contributed by atoms with Crippen LogP contribution in [0.15, 0.2) is 30.3 Å². The summed E-state index contributed by atoms with van der Waals surface area (Å²) in [6.07, 6.45) is -2.48. The number of hydrogen-bond donors (Lipinski definition) is 2. The second-order valence-corrected chi connectivity index (χ2v) is 5.16. The molecule has 8 heteroatoms. The molecule has 0 heterocycles. The zero-order valence-corrected chi connectivity index (χ0v) is 13.3. The Kier molecular flexibility index (Phi) is 7.29. The molecule has 0 aromatic heterocycles. The van der Waals surface area contributed by atoms with Crippen molar-refractivity contribution in [2.24, 2.45) is 5.92 Å². The maximum Gasteiger partial charge on any atom is 0.573 e. The molecule has 132 valence electrons. The minimum atomic E-state index is -4.80. The van der Waals surface area contributed by atoms with Gasteiger partial charge in [0.05, 0.1) is 0 Å². The van der Waals surface area contributed by atoms with E-state index in [0.717, 1.165) is 12.1 Å². The Morgan fingerprint density at radius 1 is 1.17 bits per heavy atom. The number of para-hydroxylation sites is 1. The average molecular weight is 344 g/mol. The largest absolute Gasteiger partial charge is 0.573 e. The Balaban J connectivity index is 2.51. The average Bonchev–Trinajstić information content (AvgIpc) is 2.48. The van der Waals surface area contributed by atoms with Crippen LogP contribution in [0.2, 0.25) is 0 Å². The second-order valence-electron chi connectivity index (χ2n) is 5.16. The van der Waals surface area contributed by atoms with E-state index in [1.54, 1.807) is 13.8 Å². The lowest BCUT2D eigenvalue weighted by Gasteiger charge is -2.11. The van der Waals surface area contributed by atoms with Gasteiger partial charge in [0.1, 0.15) is 5.75 Å². The summed E-state index contributed by atoms with van der Waals surface area (Å²) >= 11 is 0. The molecular weight excluding hydrogens is 325 g/mol. The number of benzene rings is 1. The van der Waals surface area contributed by atoms with Gasteiger partial charge < -0.3 is 15.4 Å². The summed E-state index contributed by atoms with van der Waals surface area (Å²) in [5.74, 6) is -1.15. The number of alkyl halides is 3. The summed E-state index contributed by atoms with van der Waals surface area (Å²) in [5, 5.41) is 5.13. The highest BCUT2D eigenvalue weighted by Gasteiger charge is 2.31. The molecule has 1 aromatic rings. The monoisotopic (exact) mass is 344 g/mol. The first-order valence-electron chi connectivity index (χ1n) is 7.27. The topological polar surface area (TPSA) is 67.4 Å². The number of nitrogens with one attached hydrogen (secondary N) is 2. The fourth-order valence-electron chi connectivity index (χ4n) is 1.64. The molecule has 0 aliphatic heterocycles.